The van der Waals surface area contributed by atoms with Crippen molar-refractivity contribution in [2.24, 2.45) is 0 Å². The number of pyridine rings is 2. The topological polar surface area (TPSA) is 68.5 Å². The number of nitriles is 1. The molecule has 0 bridgehead atoms. The van der Waals surface area contributed by atoms with Gasteiger partial charge in [-0.1, -0.05) is 6.07 Å². The molecule has 2 saturated heterocycles. The first-order chi connectivity index (χ1) is 16.1. The number of halogens is 1. The molecule has 0 unspecified atom stereocenters. The Kier molecular flexibility index (Phi) is 6.45. The number of ether oxygens (including phenoxy) is 1. The van der Waals surface area contributed by atoms with Crippen LogP contribution >= 0.6 is 15.9 Å². The average Bonchev–Trinajstić information content (AvgIpc) is 2.83. The molecule has 0 radical (unpaired) electrons. The number of hydrogen-bond acceptors (Lipinski definition) is 7. The normalized spacial score (nSPS) is 21.8. The summed E-state index contributed by atoms with van der Waals surface area (Å²) in [4.78, 5) is 16.3. The first-order valence-corrected chi connectivity index (χ1v) is 12.2. The Morgan fingerprint density at radius 2 is 1.91 bits per heavy atom. The van der Waals surface area contributed by atoms with Crippen molar-refractivity contribution in [1.29, 1.82) is 5.26 Å². The van der Waals surface area contributed by atoms with Crippen LogP contribution < -0.4 is 9.80 Å². The fourth-order valence-electron chi connectivity index (χ4n) is 4.89. The highest BCUT2D eigenvalue weighted by atomic mass is 79.9. The van der Waals surface area contributed by atoms with Gasteiger partial charge in [0.05, 0.1) is 23.3 Å². The van der Waals surface area contributed by atoms with Gasteiger partial charge in [-0.3, -0.25) is 9.88 Å². The van der Waals surface area contributed by atoms with Crippen LogP contribution in [0.3, 0.4) is 0 Å². The number of anilines is 2. The summed E-state index contributed by atoms with van der Waals surface area (Å²) in [7, 11) is 0. The summed E-state index contributed by atoms with van der Waals surface area (Å²) in [5, 5.41) is 10.5. The van der Waals surface area contributed by atoms with Crippen LogP contribution in [0, 0.1) is 11.3 Å². The summed E-state index contributed by atoms with van der Waals surface area (Å²) >= 11 is 3.47. The number of benzene rings is 1. The van der Waals surface area contributed by atoms with Crippen molar-refractivity contribution in [3.8, 4) is 6.07 Å². The summed E-state index contributed by atoms with van der Waals surface area (Å²) in [6, 6.07) is 16.3. The van der Waals surface area contributed by atoms with Crippen molar-refractivity contribution in [2.45, 2.75) is 19.1 Å². The van der Waals surface area contributed by atoms with E-state index in [0.717, 1.165) is 72.8 Å². The Balaban J connectivity index is 1.26. The molecule has 2 aromatic heterocycles. The second-order valence-corrected chi connectivity index (χ2v) is 9.54. The second kappa shape index (κ2) is 9.64. The van der Waals surface area contributed by atoms with Gasteiger partial charge in [-0.05, 0) is 59.3 Å². The van der Waals surface area contributed by atoms with E-state index < -0.39 is 0 Å². The van der Waals surface area contributed by atoms with E-state index in [-0.39, 0.29) is 12.2 Å². The summed E-state index contributed by atoms with van der Waals surface area (Å²) in [6.45, 7) is 8.61. The van der Waals surface area contributed by atoms with Gasteiger partial charge < -0.3 is 14.5 Å². The van der Waals surface area contributed by atoms with Crippen molar-refractivity contribution in [3.63, 3.8) is 0 Å². The average molecular weight is 507 g/mol. The van der Waals surface area contributed by atoms with Crippen molar-refractivity contribution >= 4 is 38.3 Å². The third kappa shape index (κ3) is 4.81. The molecule has 3 aromatic rings. The fraction of sp³-hybridized carbons (Fsp3) is 0.400. The zero-order valence-electron chi connectivity index (χ0n) is 18.7. The molecule has 170 valence electrons. The van der Waals surface area contributed by atoms with Crippen LogP contribution in [-0.4, -0.2) is 72.9 Å². The molecule has 0 amide bonds. The summed E-state index contributed by atoms with van der Waals surface area (Å²) in [5.74, 6) is 1.03. The van der Waals surface area contributed by atoms with Crippen molar-refractivity contribution < 1.29 is 4.74 Å². The molecule has 2 aliphatic rings. The molecule has 2 atom stereocenters. The van der Waals surface area contributed by atoms with Crippen molar-refractivity contribution in [3.05, 3.63) is 58.8 Å². The molecule has 0 N–H and O–H groups in total. The van der Waals surface area contributed by atoms with Gasteiger partial charge >= 0.3 is 0 Å². The maximum atomic E-state index is 9.47. The lowest BCUT2D eigenvalue weighted by Crippen LogP contribution is -2.54. The zero-order valence-corrected chi connectivity index (χ0v) is 20.3. The van der Waals surface area contributed by atoms with E-state index >= 15 is 0 Å². The van der Waals surface area contributed by atoms with Gasteiger partial charge in [0.1, 0.15) is 16.5 Å². The SMILES string of the molecule is C[C@@H]1CN(c2ccc(C#N)c3ncccc23)C[C@H](CN2CCN(c3cccc(Br)n3)CC2)O1. The molecule has 8 heteroatoms. The lowest BCUT2D eigenvalue weighted by Gasteiger charge is -2.42. The smallest absolute Gasteiger partial charge is 0.129 e. The Morgan fingerprint density at radius 1 is 1.06 bits per heavy atom. The number of piperazine rings is 1. The van der Waals surface area contributed by atoms with Crippen LogP contribution in [0.15, 0.2) is 53.3 Å². The number of fused-ring (bicyclic) bond motifs is 1. The zero-order chi connectivity index (χ0) is 22.8. The van der Waals surface area contributed by atoms with Gasteiger partial charge in [0.15, 0.2) is 0 Å². The summed E-state index contributed by atoms with van der Waals surface area (Å²) in [6.07, 6.45) is 2.02. The Bertz CT molecular complexity index is 1170. The predicted molar refractivity (Wildman–Crippen MR) is 134 cm³/mol. The minimum Gasteiger partial charge on any atom is -0.370 e. The Labute approximate surface area is 202 Å². The van der Waals surface area contributed by atoms with Crippen LogP contribution in [0.25, 0.3) is 10.9 Å². The van der Waals surface area contributed by atoms with E-state index in [1.54, 1.807) is 6.20 Å². The second-order valence-electron chi connectivity index (χ2n) is 8.72. The largest absolute Gasteiger partial charge is 0.370 e. The maximum absolute atomic E-state index is 9.47. The molecular weight excluding hydrogens is 480 g/mol. The molecule has 0 spiro atoms. The number of hydrogen-bond donors (Lipinski definition) is 0. The maximum Gasteiger partial charge on any atom is 0.129 e. The first kappa shape index (κ1) is 22.1. The minimum absolute atomic E-state index is 0.131. The monoisotopic (exact) mass is 506 g/mol. The van der Waals surface area contributed by atoms with Crippen LogP contribution in [0.5, 0.6) is 0 Å². The van der Waals surface area contributed by atoms with Crippen LogP contribution in [0.1, 0.15) is 12.5 Å². The highest BCUT2D eigenvalue weighted by molar-refractivity contribution is 9.10. The van der Waals surface area contributed by atoms with E-state index in [4.69, 9.17) is 4.74 Å². The van der Waals surface area contributed by atoms with Gasteiger partial charge in [-0.15, -0.1) is 0 Å². The van der Waals surface area contributed by atoms with Crippen LogP contribution in [0.2, 0.25) is 0 Å². The number of morpholine rings is 1. The molecule has 1 aromatic carbocycles. The third-order valence-electron chi connectivity index (χ3n) is 6.39. The molecular formula is C25H27BrN6O. The first-order valence-electron chi connectivity index (χ1n) is 11.4. The molecule has 0 aliphatic carbocycles. The van der Waals surface area contributed by atoms with Crippen molar-refractivity contribution in [1.82, 2.24) is 14.9 Å². The highest BCUT2D eigenvalue weighted by Crippen LogP contribution is 2.30. The molecule has 7 nitrogen and oxygen atoms in total. The standard InChI is InChI=1S/C25H27BrN6O/c1-18-15-32(22-8-7-19(14-27)25-21(22)4-3-9-28-25)17-20(33-18)16-30-10-12-31(13-11-30)24-6-2-5-23(26)29-24/h2-9,18,20H,10-13,15-17H2,1H3/t18-,20+/m1/s1. The van der Waals surface area contributed by atoms with E-state index in [1.165, 1.54) is 0 Å². The molecule has 33 heavy (non-hydrogen) atoms. The Morgan fingerprint density at radius 3 is 2.70 bits per heavy atom. The quantitative estimate of drug-likeness (QED) is 0.499. The van der Waals surface area contributed by atoms with Crippen LogP contribution in [-0.2, 0) is 4.74 Å². The molecule has 2 aliphatic heterocycles. The van der Waals surface area contributed by atoms with E-state index in [1.807, 2.05) is 24.3 Å². The lowest BCUT2D eigenvalue weighted by molar-refractivity contribution is -0.0327. The third-order valence-corrected chi connectivity index (χ3v) is 6.83. The van der Waals surface area contributed by atoms with Gasteiger partial charge in [0, 0.05) is 63.1 Å². The summed E-state index contributed by atoms with van der Waals surface area (Å²) in [5.41, 5.74) is 2.51. The Hall–Kier alpha value is -2.73. The molecule has 4 heterocycles. The van der Waals surface area contributed by atoms with E-state index in [0.29, 0.717) is 5.56 Å². The number of rotatable bonds is 4. The fourth-order valence-corrected chi connectivity index (χ4v) is 5.22. The van der Waals surface area contributed by atoms with Crippen molar-refractivity contribution in [2.75, 3.05) is 55.6 Å². The molecule has 2 fully saturated rings. The van der Waals surface area contributed by atoms with E-state index in [9.17, 15) is 5.26 Å². The van der Waals surface area contributed by atoms with Gasteiger partial charge in [-0.2, -0.15) is 5.26 Å². The molecule has 0 saturated carbocycles. The van der Waals surface area contributed by atoms with Gasteiger partial charge in [0.2, 0.25) is 0 Å². The van der Waals surface area contributed by atoms with Gasteiger partial charge in [0.25, 0.3) is 0 Å². The number of nitrogens with zero attached hydrogens (tertiary/aromatic N) is 6. The van der Waals surface area contributed by atoms with Crippen LogP contribution in [0.4, 0.5) is 11.5 Å². The summed E-state index contributed by atoms with van der Waals surface area (Å²) < 4.78 is 7.21. The lowest BCUT2D eigenvalue weighted by atomic mass is 10.1. The predicted octanol–water partition coefficient (Wildman–Crippen LogP) is 3.68. The van der Waals surface area contributed by atoms with Gasteiger partial charge in [-0.25, -0.2) is 4.98 Å². The molecule has 5 rings (SSSR count). The number of aromatic nitrogens is 2. The minimum atomic E-state index is 0.131. The highest BCUT2D eigenvalue weighted by Gasteiger charge is 2.29. The van der Waals surface area contributed by atoms with E-state index in [2.05, 4.69) is 71.8 Å².